The zero-order valence-electron chi connectivity index (χ0n) is 11.7. The maximum atomic E-state index is 4.86. The Morgan fingerprint density at radius 2 is 1.70 bits per heavy atom. The van der Waals surface area contributed by atoms with E-state index in [9.17, 15) is 0 Å². The van der Waals surface area contributed by atoms with E-state index < -0.39 is 0 Å². The summed E-state index contributed by atoms with van der Waals surface area (Å²) in [6.07, 6.45) is 12.7. The molecule has 0 unspecified atom stereocenters. The molecule has 0 bridgehead atoms. The van der Waals surface area contributed by atoms with Crippen LogP contribution in [0.25, 0.3) is 11.4 Å². The molecule has 0 N–H and O–H groups in total. The lowest BCUT2D eigenvalue weighted by molar-refractivity contribution is 0.330. The van der Waals surface area contributed by atoms with Crippen molar-refractivity contribution in [3.05, 3.63) is 30.4 Å². The Morgan fingerprint density at radius 1 is 0.950 bits per heavy atom. The molecule has 2 aliphatic rings. The van der Waals surface area contributed by atoms with Crippen molar-refractivity contribution in [3.8, 4) is 11.4 Å². The minimum absolute atomic E-state index is 0.534. The summed E-state index contributed by atoms with van der Waals surface area (Å²) in [7, 11) is 0. The van der Waals surface area contributed by atoms with E-state index in [0.29, 0.717) is 12.0 Å². The van der Waals surface area contributed by atoms with E-state index >= 15 is 0 Å². The second kappa shape index (κ2) is 5.00. The van der Waals surface area contributed by atoms with E-state index in [1.54, 1.807) is 0 Å². The molecule has 2 saturated carbocycles. The molecule has 2 aromatic heterocycles. The third-order valence-electron chi connectivity index (χ3n) is 4.45. The van der Waals surface area contributed by atoms with Crippen molar-refractivity contribution in [3.63, 3.8) is 0 Å². The van der Waals surface area contributed by atoms with Gasteiger partial charge in [0.05, 0.1) is 6.04 Å². The summed E-state index contributed by atoms with van der Waals surface area (Å²) < 4.78 is 2.21. The lowest BCUT2D eigenvalue weighted by Crippen LogP contribution is -2.15. The highest BCUT2D eigenvalue weighted by atomic mass is 15.4. The summed E-state index contributed by atoms with van der Waals surface area (Å²) in [6, 6.07) is 4.62. The Hall–Kier alpha value is -1.71. The number of nitrogens with zero attached hydrogens (tertiary/aromatic N) is 4. The van der Waals surface area contributed by atoms with Crippen LogP contribution in [0.2, 0.25) is 0 Å². The maximum Gasteiger partial charge on any atom is 0.158 e. The SMILES string of the molecule is c1cc(-c2nc(C3CC3)nn2C2CCCCC2)ccn1. The molecule has 0 atom stereocenters. The van der Waals surface area contributed by atoms with Gasteiger partial charge in [0.15, 0.2) is 11.6 Å². The lowest BCUT2D eigenvalue weighted by Gasteiger charge is -2.23. The van der Waals surface area contributed by atoms with Crippen LogP contribution in [-0.4, -0.2) is 19.7 Å². The van der Waals surface area contributed by atoms with E-state index in [2.05, 4.69) is 9.67 Å². The lowest BCUT2D eigenvalue weighted by atomic mass is 9.95. The Balaban J connectivity index is 1.75. The number of hydrogen-bond acceptors (Lipinski definition) is 3. The fourth-order valence-corrected chi connectivity index (χ4v) is 3.13. The largest absolute Gasteiger partial charge is 0.265 e. The predicted octanol–water partition coefficient (Wildman–Crippen LogP) is 3.72. The molecule has 4 heteroatoms. The first kappa shape index (κ1) is 12.1. The van der Waals surface area contributed by atoms with Gasteiger partial charge in [-0.1, -0.05) is 19.3 Å². The average molecular weight is 268 g/mol. The van der Waals surface area contributed by atoms with E-state index in [4.69, 9.17) is 10.1 Å². The van der Waals surface area contributed by atoms with E-state index in [1.165, 1.54) is 44.9 Å². The van der Waals surface area contributed by atoms with Gasteiger partial charge in [-0.2, -0.15) is 5.10 Å². The third kappa shape index (κ3) is 2.23. The molecule has 0 aromatic carbocycles. The number of rotatable bonds is 3. The summed E-state index contributed by atoms with van der Waals surface area (Å²) in [5.74, 6) is 2.71. The van der Waals surface area contributed by atoms with Gasteiger partial charge in [-0.05, 0) is 37.8 Å². The van der Waals surface area contributed by atoms with Crippen LogP contribution >= 0.6 is 0 Å². The molecule has 0 amide bonds. The average Bonchev–Trinajstić information content (AvgIpc) is 3.28. The molecule has 0 radical (unpaired) electrons. The van der Waals surface area contributed by atoms with Crippen LogP contribution in [0.15, 0.2) is 24.5 Å². The Kier molecular flexibility index (Phi) is 3.02. The van der Waals surface area contributed by atoms with E-state index in [-0.39, 0.29) is 0 Å². The van der Waals surface area contributed by atoms with Crippen molar-refractivity contribution >= 4 is 0 Å². The van der Waals surface area contributed by atoms with Crippen molar-refractivity contribution in [2.45, 2.75) is 56.9 Å². The van der Waals surface area contributed by atoms with Crippen LogP contribution in [-0.2, 0) is 0 Å². The highest BCUT2D eigenvalue weighted by molar-refractivity contribution is 5.54. The maximum absolute atomic E-state index is 4.86. The van der Waals surface area contributed by atoms with Gasteiger partial charge in [0.25, 0.3) is 0 Å². The fraction of sp³-hybridized carbons (Fsp3) is 0.562. The van der Waals surface area contributed by atoms with Crippen LogP contribution in [0.4, 0.5) is 0 Å². The smallest absolute Gasteiger partial charge is 0.158 e. The third-order valence-corrected chi connectivity index (χ3v) is 4.45. The monoisotopic (exact) mass is 268 g/mol. The van der Waals surface area contributed by atoms with E-state index in [0.717, 1.165) is 17.2 Å². The van der Waals surface area contributed by atoms with Gasteiger partial charge in [-0.15, -0.1) is 0 Å². The fourth-order valence-electron chi connectivity index (χ4n) is 3.13. The van der Waals surface area contributed by atoms with Crippen molar-refractivity contribution in [1.29, 1.82) is 0 Å². The molecule has 4 nitrogen and oxygen atoms in total. The van der Waals surface area contributed by atoms with Crippen LogP contribution in [0.1, 0.15) is 62.7 Å². The van der Waals surface area contributed by atoms with Gasteiger partial charge in [-0.3, -0.25) is 4.98 Å². The van der Waals surface area contributed by atoms with Crippen molar-refractivity contribution < 1.29 is 0 Å². The zero-order chi connectivity index (χ0) is 13.4. The molecule has 104 valence electrons. The summed E-state index contributed by atoms with van der Waals surface area (Å²) in [5, 5.41) is 4.86. The van der Waals surface area contributed by atoms with Gasteiger partial charge >= 0.3 is 0 Å². The summed E-state index contributed by atoms with van der Waals surface area (Å²) in [4.78, 5) is 8.95. The van der Waals surface area contributed by atoms with Crippen LogP contribution in [0, 0.1) is 0 Å². The molecular weight excluding hydrogens is 248 g/mol. The Bertz CT molecular complexity index is 580. The number of aromatic nitrogens is 4. The summed E-state index contributed by atoms with van der Waals surface area (Å²) in [6.45, 7) is 0. The zero-order valence-corrected chi connectivity index (χ0v) is 11.7. The second-order valence-corrected chi connectivity index (χ2v) is 6.04. The summed E-state index contributed by atoms with van der Waals surface area (Å²) >= 11 is 0. The van der Waals surface area contributed by atoms with E-state index in [1.807, 2.05) is 24.5 Å². The summed E-state index contributed by atoms with van der Waals surface area (Å²) in [5.41, 5.74) is 1.14. The molecule has 2 aromatic rings. The standard InChI is InChI=1S/C16H20N4/c1-2-4-14(5-3-1)20-16(13-8-10-17-11-9-13)18-15(19-20)12-6-7-12/h8-12,14H,1-7H2. The minimum Gasteiger partial charge on any atom is -0.265 e. The first-order valence-corrected chi connectivity index (χ1v) is 7.78. The minimum atomic E-state index is 0.534. The molecule has 0 saturated heterocycles. The van der Waals surface area contributed by atoms with Gasteiger partial charge in [0, 0.05) is 23.9 Å². The first-order valence-electron chi connectivity index (χ1n) is 7.78. The quantitative estimate of drug-likeness (QED) is 0.852. The molecule has 20 heavy (non-hydrogen) atoms. The molecule has 2 heterocycles. The normalized spacial score (nSPS) is 20.2. The second-order valence-electron chi connectivity index (χ2n) is 6.04. The Labute approximate surface area is 119 Å². The highest BCUT2D eigenvalue weighted by Crippen LogP contribution is 2.40. The highest BCUT2D eigenvalue weighted by Gasteiger charge is 2.30. The van der Waals surface area contributed by atoms with Crippen LogP contribution < -0.4 is 0 Å². The van der Waals surface area contributed by atoms with Crippen molar-refractivity contribution in [1.82, 2.24) is 19.7 Å². The van der Waals surface area contributed by atoms with Crippen LogP contribution in [0.3, 0.4) is 0 Å². The molecule has 2 fully saturated rings. The van der Waals surface area contributed by atoms with Gasteiger partial charge in [0.2, 0.25) is 0 Å². The van der Waals surface area contributed by atoms with Crippen molar-refractivity contribution in [2.75, 3.05) is 0 Å². The molecular formula is C16H20N4. The first-order chi connectivity index (χ1) is 9.92. The van der Waals surface area contributed by atoms with Gasteiger partial charge in [-0.25, -0.2) is 9.67 Å². The topological polar surface area (TPSA) is 43.6 Å². The predicted molar refractivity (Wildman–Crippen MR) is 77.4 cm³/mol. The van der Waals surface area contributed by atoms with Crippen LogP contribution in [0.5, 0.6) is 0 Å². The Morgan fingerprint density at radius 3 is 2.40 bits per heavy atom. The van der Waals surface area contributed by atoms with Crippen molar-refractivity contribution in [2.24, 2.45) is 0 Å². The molecule has 0 aliphatic heterocycles. The number of hydrogen-bond donors (Lipinski definition) is 0. The molecule has 2 aliphatic carbocycles. The van der Waals surface area contributed by atoms with Gasteiger partial charge in [0.1, 0.15) is 0 Å². The van der Waals surface area contributed by atoms with Gasteiger partial charge < -0.3 is 0 Å². The molecule has 0 spiro atoms. The molecule has 4 rings (SSSR count). The number of pyridine rings is 1.